The SMILES string of the molecule is Cl.OC1C(c2cncc(Br)c2)=CNN1c1cc(N2CCCCC2)ncn1. The Kier molecular flexibility index (Phi) is 5.95. The highest BCUT2D eigenvalue weighted by Crippen LogP contribution is 2.29. The van der Waals surface area contributed by atoms with E-state index in [4.69, 9.17) is 0 Å². The normalized spacial score (nSPS) is 19.6. The minimum atomic E-state index is -0.847. The van der Waals surface area contributed by atoms with Gasteiger partial charge in [-0.05, 0) is 41.3 Å². The van der Waals surface area contributed by atoms with Gasteiger partial charge < -0.3 is 15.4 Å². The molecule has 0 spiro atoms. The van der Waals surface area contributed by atoms with E-state index in [-0.39, 0.29) is 12.4 Å². The maximum Gasteiger partial charge on any atom is 0.175 e. The second-order valence-electron chi connectivity index (χ2n) is 6.15. The number of aromatic nitrogens is 3. The second kappa shape index (κ2) is 8.20. The molecular formula is C17H20BrClN6O. The summed E-state index contributed by atoms with van der Waals surface area (Å²) in [6.45, 7) is 2.03. The molecule has 2 aromatic heterocycles. The molecule has 2 aliphatic rings. The lowest BCUT2D eigenvalue weighted by molar-refractivity contribution is 0.225. The van der Waals surface area contributed by atoms with Crippen LogP contribution in [0.15, 0.2) is 41.5 Å². The highest BCUT2D eigenvalue weighted by Gasteiger charge is 2.28. The number of aliphatic hydroxyl groups is 1. The largest absolute Gasteiger partial charge is 0.368 e. The van der Waals surface area contributed by atoms with Gasteiger partial charge >= 0.3 is 0 Å². The first-order valence-corrected chi connectivity index (χ1v) is 9.13. The lowest BCUT2D eigenvalue weighted by Gasteiger charge is -2.29. The molecule has 9 heteroatoms. The Labute approximate surface area is 166 Å². The van der Waals surface area contributed by atoms with Crippen LogP contribution in [0.2, 0.25) is 0 Å². The smallest absolute Gasteiger partial charge is 0.175 e. The molecule has 2 N–H and O–H groups in total. The van der Waals surface area contributed by atoms with Gasteiger partial charge in [0.1, 0.15) is 12.1 Å². The topological polar surface area (TPSA) is 77.4 Å². The van der Waals surface area contributed by atoms with Gasteiger partial charge in [-0.1, -0.05) is 0 Å². The fourth-order valence-electron chi connectivity index (χ4n) is 3.18. The summed E-state index contributed by atoms with van der Waals surface area (Å²) >= 11 is 3.41. The number of hydrogen-bond donors (Lipinski definition) is 2. The Balaban J connectivity index is 0.00000196. The average Bonchev–Trinajstić information content (AvgIpc) is 3.04. The van der Waals surface area contributed by atoms with E-state index < -0.39 is 6.23 Å². The van der Waals surface area contributed by atoms with Crippen molar-refractivity contribution in [3.63, 3.8) is 0 Å². The summed E-state index contributed by atoms with van der Waals surface area (Å²) in [5.74, 6) is 1.54. The molecule has 7 nitrogen and oxygen atoms in total. The number of hydrazine groups is 1. The van der Waals surface area contributed by atoms with Gasteiger partial charge in [0.15, 0.2) is 12.0 Å². The van der Waals surface area contributed by atoms with Gasteiger partial charge in [-0.2, -0.15) is 0 Å². The van der Waals surface area contributed by atoms with Crippen LogP contribution in [0.3, 0.4) is 0 Å². The van der Waals surface area contributed by atoms with E-state index >= 15 is 0 Å². The third kappa shape index (κ3) is 3.77. The molecule has 0 amide bonds. The Bertz CT molecular complexity index is 798. The number of nitrogens with zero attached hydrogens (tertiary/aromatic N) is 5. The van der Waals surface area contributed by atoms with Gasteiger partial charge in [0, 0.05) is 53.4 Å². The van der Waals surface area contributed by atoms with Crippen molar-refractivity contribution in [3.05, 3.63) is 47.1 Å². The number of anilines is 2. The molecule has 138 valence electrons. The van der Waals surface area contributed by atoms with Gasteiger partial charge in [0.25, 0.3) is 0 Å². The van der Waals surface area contributed by atoms with Crippen LogP contribution in [-0.2, 0) is 0 Å². The molecule has 0 bridgehead atoms. The van der Waals surface area contributed by atoms with E-state index in [1.165, 1.54) is 19.3 Å². The number of pyridine rings is 1. The minimum absolute atomic E-state index is 0. The van der Waals surface area contributed by atoms with E-state index in [1.807, 2.05) is 12.1 Å². The number of rotatable bonds is 3. The zero-order valence-corrected chi connectivity index (χ0v) is 16.4. The molecule has 0 aromatic carbocycles. The third-order valence-electron chi connectivity index (χ3n) is 4.49. The summed E-state index contributed by atoms with van der Waals surface area (Å²) < 4.78 is 0.867. The number of nitrogens with one attached hydrogen (secondary N) is 1. The van der Waals surface area contributed by atoms with Crippen molar-refractivity contribution in [3.8, 4) is 0 Å². The molecule has 26 heavy (non-hydrogen) atoms. The monoisotopic (exact) mass is 438 g/mol. The number of aliphatic hydroxyl groups excluding tert-OH is 1. The highest BCUT2D eigenvalue weighted by molar-refractivity contribution is 9.10. The molecule has 2 aliphatic heterocycles. The van der Waals surface area contributed by atoms with Crippen molar-refractivity contribution in [2.45, 2.75) is 25.5 Å². The Morgan fingerprint density at radius 3 is 2.62 bits per heavy atom. The number of hydrogen-bond acceptors (Lipinski definition) is 7. The summed E-state index contributed by atoms with van der Waals surface area (Å²) in [6.07, 6.45) is 9.56. The first-order chi connectivity index (χ1) is 12.2. The van der Waals surface area contributed by atoms with E-state index in [1.54, 1.807) is 29.9 Å². The van der Waals surface area contributed by atoms with E-state index in [9.17, 15) is 5.11 Å². The van der Waals surface area contributed by atoms with Crippen LogP contribution in [0.5, 0.6) is 0 Å². The summed E-state index contributed by atoms with van der Waals surface area (Å²) in [5.41, 5.74) is 4.68. The predicted octanol–water partition coefficient (Wildman–Crippen LogP) is 2.73. The van der Waals surface area contributed by atoms with Gasteiger partial charge in [0.05, 0.1) is 0 Å². The molecule has 4 rings (SSSR count). The fraction of sp³-hybridized carbons (Fsp3) is 0.353. The van der Waals surface area contributed by atoms with Gasteiger partial charge in [-0.25, -0.2) is 15.0 Å². The van der Waals surface area contributed by atoms with Crippen LogP contribution in [0, 0.1) is 0 Å². The molecule has 1 saturated heterocycles. The van der Waals surface area contributed by atoms with Crippen LogP contribution >= 0.6 is 28.3 Å². The first-order valence-electron chi connectivity index (χ1n) is 8.34. The highest BCUT2D eigenvalue weighted by atomic mass is 79.9. The molecule has 2 aromatic rings. The minimum Gasteiger partial charge on any atom is -0.368 e. The summed E-state index contributed by atoms with van der Waals surface area (Å²) in [5, 5.41) is 12.4. The lowest BCUT2D eigenvalue weighted by atomic mass is 10.1. The third-order valence-corrected chi connectivity index (χ3v) is 4.92. The standard InChI is InChI=1S/C17H19BrN6O.ClH/c18-13-6-12(8-19-9-13)14-10-22-24(17(14)25)16-7-15(20-11-21-16)23-4-2-1-3-5-23;/h6-11,17,22,25H,1-5H2;1H. The van der Waals surface area contributed by atoms with Crippen LogP contribution in [0.25, 0.3) is 5.57 Å². The lowest BCUT2D eigenvalue weighted by Crippen LogP contribution is -2.39. The Morgan fingerprint density at radius 1 is 1.08 bits per heavy atom. The first kappa shape index (κ1) is 18.9. The molecule has 1 unspecified atom stereocenters. The van der Waals surface area contributed by atoms with E-state index in [0.29, 0.717) is 5.82 Å². The number of piperidine rings is 1. The van der Waals surface area contributed by atoms with Crippen LogP contribution in [-0.4, -0.2) is 39.4 Å². The van der Waals surface area contributed by atoms with Crippen LogP contribution < -0.4 is 15.3 Å². The van der Waals surface area contributed by atoms with Crippen molar-refractivity contribution in [1.29, 1.82) is 0 Å². The Hall–Kier alpha value is -1.90. The quantitative estimate of drug-likeness (QED) is 0.761. The van der Waals surface area contributed by atoms with Crippen LogP contribution in [0.1, 0.15) is 24.8 Å². The number of halogens is 2. The van der Waals surface area contributed by atoms with Gasteiger partial charge in [-0.3, -0.25) is 4.98 Å². The van der Waals surface area contributed by atoms with Crippen molar-refractivity contribution in [2.75, 3.05) is 23.0 Å². The molecule has 0 radical (unpaired) electrons. The van der Waals surface area contributed by atoms with Gasteiger partial charge in [-0.15, -0.1) is 12.4 Å². The maximum absolute atomic E-state index is 10.7. The molecule has 1 atom stereocenters. The van der Waals surface area contributed by atoms with Gasteiger partial charge in [0.2, 0.25) is 0 Å². The zero-order chi connectivity index (χ0) is 17.2. The summed E-state index contributed by atoms with van der Waals surface area (Å²) in [4.78, 5) is 15.1. The second-order valence-corrected chi connectivity index (χ2v) is 7.06. The molecule has 0 saturated carbocycles. The fourth-order valence-corrected chi connectivity index (χ4v) is 3.55. The molecule has 1 fully saturated rings. The van der Waals surface area contributed by atoms with Crippen molar-refractivity contribution < 1.29 is 5.11 Å². The van der Waals surface area contributed by atoms with E-state index in [2.05, 4.69) is 41.2 Å². The van der Waals surface area contributed by atoms with E-state index in [0.717, 1.165) is 34.5 Å². The molecular weight excluding hydrogens is 420 g/mol. The maximum atomic E-state index is 10.7. The predicted molar refractivity (Wildman–Crippen MR) is 107 cm³/mol. The van der Waals surface area contributed by atoms with Crippen LogP contribution in [0.4, 0.5) is 11.6 Å². The molecule has 4 heterocycles. The average molecular weight is 440 g/mol. The molecule has 0 aliphatic carbocycles. The summed E-state index contributed by atoms with van der Waals surface area (Å²) in [6, 6.07) is 3.84. The van der Waals surface area contributed by atoms with Crippen molar-refractivity contribution >= 4 is 45.5 Å². The zero-order valence-electron chi connectivity index (χ0n) is 14.0. The Morgan fingerprint density at radius 2 is 1.85 bits per heavy atom. The van der Waals surface area contributed by atoms with Crippen molar-refractivity contribution in [1.82, 2.24) is 20.4 Å². The summed E-state index contributed by atoms with van der Waals surface area (Å²) in [7, 11) is 0. The van der Waals surface area contributed by atoms with Crippen molar-refractivity contribution in [2.24, 2.45) is 0 Å².